The number of aromatic nitrogens is 2. The van der Waals surface area contributed by atoms with Crippen LogP contribution in [0.3, 0.4) is 0 Å². The fraction of sp³-hybridized carbons (Fsp3) is 0.600. The zero-order chi connectivity index (χ0) is 12.3. The molecular weight excluding hydrogens is 222 g/mol. The fourth-order valence-corrected chi connectivity index (χ4v) is 1.94. The summed E-state index contributed by atoms with van der Waals surface area (Å²) in [6.07, 6.45) is 4.45. The van der Waals surface area contributed by atoms with Crippen molar-refractivity contribution in [2.75, 3.05) is 11.9 Å². The molecule has 2 heterocycles. The van der Waals surface area contributed by atoms with Crippen LogP contribution in [0.2, 0.25) is 0 Å². The van der Waals surface area contributed by atoms with E-state index in [0.29, 0.717) is 18.0 Å². The summed E-state index contributed by atoms with van der Waals surface area (Å²) in [5.74, 6) is 0.453. The predicted octanol–water partition coefficient (Wildman–Crippen LogP) is 0.937. The minimum Gasteiger partial charge on any atom is -0.351 e. The Morgan fingerprint density at radius 3 is 2.82 bits per heavy atom. The van der Waals surface area contributed by atoms with Crippen LogP contribution in [0.15, 0.2) is 12.4 Å². The summed E-state index contributed by atoms with van der Waals surface area (Å²) >= 11 is 0. The van der Waals surface area contributed by atoms with Gasteiger partial charge in [-0.2, -0.15) is 0 Å². The molecule has 1 aromatic heterocycles. The molecule has 7 nitrogen and oxygen atoms in total. The standard InChI is InChI=1S/C10H15N5O2/c1-7-4-8(2-3-11-7)14-10-12-5-9(6-13-10)15(16)17/h5-8,11H,2-4H2,1H3,(H,12,13,14). The molecule has 7 heteroatoms. The number of anilines is 1. The minimum absolute atomic E-state index is 0.0887. The van der Waals surface area contributed by atoms with Gasteiger partial charge in [-0.3, -0.25) is 10.1 Å². The summed E-state index contributed by atoms with van der Waals surface area (Å²) in [4.78, 5) is 17.8. The van der Waals surface area contributed by atoms with Crippen molar-refractivity contribution in [2.24, 2.45) is 0 Å². The number of piperidine rings is 1. The lowest BCUT2D eigenvalue weighted by atomic mass is 10.0. The second kappa shape index (κ2) is 5.05. The lowest BCUT2D eigenvalue weighted by Crippen LogP contribution is -2.41. The third kappa shape index (κ3) is 3.10. The number of nitrogens with zero attached hydrogens (tertiary/aromatic N) is 3. The van der Waals surface area contributed by atoms with E-state index in [-0.39, 0.29) is 5.69 Å². The fourth-order valence-electron chi connectivity index (χ4n) is 1.94. The second-order valence-corrected chi connectivity index (χ2v) is 4.24. The first-order valence-corrected chi connectivity index (χ1v) is 5.61. The van der Waals surface area contributed by atoms with E-state index in [1.807, 2.05) is 0 Å². The Balaban J connectivity index is 1.96. The first-order valence-electron chi connectivity index (χ1n) is 5.61. The van der Waals surface area contributed by atoms with Crippen LogP contribution in [0, 0.1) is 10.1 Å². The van der Waals surface area contributed by atoms with E-state index in [4.69, 9.17) is 0 Å². The summed E-state index contributed by atoms with van der Waals surface area (Å²) in [5.41, 5.74) is -0.0887. The molecule has 0 spiro atoms. The molecule has 0 radical (unpaired) electrons. The van der Waals surface area contributed by atoms with Crippen molar-refractivity contribution in [1.82, 2.24) is 15.3 Å². The van der Waals surface area contributed by atoms with Crippen molar-refractivity contribution in [3.8, 4) is 0 Å². The molecule has 1 aliphatic rings. The summed E-state index contributed by atoms with van der Waals surface area (Å²) in [5, 5.41) is 17.0. The van der Waals surface area contributed by atoms with Gasteiger partial charge in [-0.1, -0.05) is 0 Å². The van der Waals surface area contributed by atoms with E-state index in [9.17, 15) is 10.1 Å². The normalized spacial score (nSPS) is 24.3. The van der Waals surface area contributed by atoms with Gasteiger partial charge in [0.15, 0.2) is 0 Å². The van der Waals surface area contributed by atoms with Crippen molar-refractivity contribution < 1.29 is 4.92 Å². The van der Waals surface area contributed by atoms with Crippen LogP contribution in [0.4, 0.5) is 11.6 Å². The molecule has 2 rings (SSSR count). The van der Waals surface area contributed by atoms with Crippen LogP contribution in [-0.4, -0.2) is 33.5 Å². The maximum atomic E-state index is 10.4. The van der Waals surface area contributed by atoms with E-state index in [1.165, 1.54) is 12.4 Å². The van der Waals surface area contributed by atoms with Crippen molar-refractivity contribution in [2.45, 2.75) is 31.8 Å². The Labute approximate surface area is 98.8 Å². The molecule has 2 atom stereocenters. The van der Waals surface area contributed by atoms with Gasteiger partial charge in [0.1, 0.15) is 12.4 Å². The van der Waals surface area contributed by atoms with Crippen molar-refractivity contribution in [3.63, 3.8) is 0 Å². The summed E-state index contributed by atoms with van der Waals surface area (Å²) in [6, 6.07) is 0.798. The van der Waals surface area contributed by atoms with E-state index in [0.717, 1.165) is 19.4 Å². The van der Waals surface area contributed by atoms with Gasteiger partial charge in [-0.25, -0.2) is 9.97 Å². The van der Waals surface area contributed by atoms with E-state index in [1.54, 1.807) is 0 Å². The van der Waals surface area contributed by atoms with E-state index in [2.05, 4.69) is 27.5 Å². The average Bonchev–Trinajstić information content (AvgIpc) is 2.29. The molecule has 0 bridgehead atoms. The molecule has 0 aliphatic carbocycles. The van der Waals surface area contributed by atoms with E-state index < -0.39 is 4.92 Å². The summed E-state index contributed by atoms with van der Waals surface area (Å²) in [7, 11) is 0. The average molecular weight is 237 g/mol. The Morgan fingerprint density at radius 1 is 1.53 bits per heavy atom. The highest BCUT2D eigenvalue weighted by Crippen LogP contribution is 2.14. The van der Waals surface area contributed by atoms with Gasteiger partial charge in [0, 0.05) is 12.1 Å². The quantitative estimate of drug-likeness (QED) is 0.600. The SMILES string of the molecule is CC1CC(Nc2ncc([N+](=O)[O-])cn2)CCN1. The molecule has 0 aromatic carbocycles. The molecule has 0 saturated carbocycles. The Bertz CT molecular complexity index is 394. The molecule has 2 unspecified atom stereocenters. The lowest BCUT2D eigenvalue weighted by Gasteiger charge is -2.28. The third-order valence-electron chi connectivity index (χ3n) is 2.81. The molecular formula is C10H15N5O2. The Hall–Kier alpha value is -1.76. The highest BCUT2D eigenvalue weighted by Gasteiger charge is 2.19. The second-order valence-electron chi connectivity index (χ2n) is 4.24. The largest absolute Gasteiger partial charge is 0.351 e. The molecule has 1 fully saturated rings. The predicted molar refractivity (Wildman–Crippen MR) is 62.8 cm³/mol. The van der Waals surface area contributed by atoms with Gasteiger partial charge in [0.05, 0.1) is 4.92 Å². The van der Waals surface area contributed by atoms with Crippen LogP contribution < -0.4 is 10.6 Å². The van der Waals surface area contributed by atoms with Crippen molar-refractivity contribution in [1.29, 1.82) is 0 Å². The van der Waals surface area contributed by atoms with Crippen molar-refractivity contribution >= 4 is 11.6 Å². The zero-order valence-electron chi connectivity index (χ0n) is 9.59. The van der Waals surface area contributed by atoms with Crippen LogP contribution in [0.5, 0.6) is 0 Å². The third-order valence-corrected chi connectivity index (χ3v) is 2.81. The van der Waals surface area contributed by atoms with Gasteiger partial charge in [-0.05, 0) is 26.3 Å². The number of hydrogen-bond donors (Lipinski definition) is 2. The van der Waals surface area contributed by atoms with Crippen LogP contribution in [0.1, 0.15) is 19.8 Å². The maximum Gasteiger partial charge on any atom is 0.305 e. The minimum atomic E-state index is -0.504. The Morgan fingerprint density at radius 2 is 2.24 bits per heavy atom. The van der Waals surface area contributed by atoms with Crippen LogP contribution in [0.25, 0.3) is 0 Å². The van der Waals surface area contributed by atoms with Crippen LogP contribution in [-0.2, 0) is 0 Å². The molecule has 17 heavy (non-hydrogen) atoms. The smallest absolute Gasteiger partial charge is 0.305 e. The van der Waals surface area contributed by atoms with Gasteiger partial charge in [-0.15, -0.1) is 0 Å². The number of hydrogen-bond acceptors (Lipinski definition) is 6. The van der Waals surface area contributed by atoms with Crippen LogP contribution >= 0.6 is 0 Å². The van der Waals surface area contributed by atoms with Crippen molar-refractivity contribution in [3.05, 3.63) is 22.5 Å². The molecule has 2 N–H and O–H groups in total. The van der Waals surface area contributed by atoms with Gasteiger partial charge in [0.25, 0.3) is 0 Å². The Kier molecular flexibility index (Phi) is 3.48. The highest BCUT2D eigenvalue weighted by molar-refractivity contribution is 5.31. The number of rotatable bonds is 3. The lowest BCUT2D eigenvalue weighted by molar-refractivity contribution is -0.385. The molecule has 1 saturated heterocycles. The molecule has 92 valence electrons. The highest BCUT2D eigenvalue weighted by atomic mass is 16.6. The first-order chi connectivity index (χ1) is 8.15. The number of nitrogens with one attached hydrogen (secondary N) is 2. The van der Waals surface area contributed by atoms with Gasteiger partial charge < -0.3 is 10.6 Å². The maximum absolute atomic E-state index is 10.4. The zero-order valence-corrected chi connectivity index (χ0v) is 9.59. The van der Waals surface area contributed by atoms with E-state index >= 15 is 0 Å². The monoisotopic (exact) mass is 237 g/mol. The topological polar surface area (TPSA) is 93.0 Å². The molecule has 1 aliphatic heterocycles. The first kappa shape index (κ1) is 11.7. The van der Waals surface area contributed by atoms with Gasteiger partial charge in [0.2, 0.25) is 5.95 Å². The molecule has 1 aromatic rings. The number of nitro groups is 1. The summed E-state index contributed by atoms with van der Waals surface area (Å²) < 4.78 is 0. The summed E-state index contributed by atoms with van der Waals surface area (Å²) in [6.45, 7) is 3.09. The molecule has 0 amide bonds. The van der Waals surface area contributed by atoms with Gasteiger partial charge >= 0.3 is 5.69 Å².